The maximum absolute atomic E-state index is 10.3. The SMILES string of the molecule is [2H]c1c([2H])c([2H])c(-c2ccc3c(c2)N(c2c(-c4ccccc4)cc(C(C)(C)C)cc2-c2ccccc2)c2cc(-n4c5c([2H])c([2H])c([2H])c([2H])c5c5c([2H])c([2H])c([2H])c([2H])c54)cc4c2B3c2ccc(-c3cc(C(C)(C)C)cc(C(C)(C)C)c3)cc2N4c2c(-c3ccccc3)cc(C(C)(C)C)cc2-c2nc(-c3ccccc3)nc(-c3ccccc3)n2)c([2H])c1[2H]. The predicted octanol–water partition coefficient (Wildman–Crippen LogP) is 25.6. The highest BCUT2D eigenvalue weighted by Crippen LogP contribution is 2.56. The summed E-state index contributed by atoms with van der Waals surface area (Å²) in [5, 5.41) is -0.228. The van der Waals surface area contributed by atoms with Gasteiger partial charge in [0.1, 0.15) is 0 Å². The summed E-state index contributed by atoms with van der Waals surface area (Å²) < 4.78 is 127. The molecular weight excluding hydrogens is 1330 g/mol. The van der Waals surface area contributed by atoms with Gasteiger partial charge in [0, 0.05) is 66.9 Å². The Balaban J connectivity index is 1.12. The largest absolute Gasteiger partial charge is 0.310 e. The Hall–Kier alpha value is -12.4. The fraction of sp³-hybridized carbons (Fsp3) is 0.155. The molecule has 2 aliphatic rings. The lowest BCUT2D eigenvalue weighted by atomic mass is 9.33. The van der Waals surface area contributed by atoms with Crippen molar-refractivity contribution in [2.75, 3.05) is 9.80 Å². The maximum atomic E-state index is 10.3. The third-order valence-corrected chi connectivity index (χ3v) is 21.7. The van der Waals surface area contributed by atoms with Crippen molar-refractivity contribution in [3.8, 4) is 95.5 Å². The van der Waals surface area contributed by atoms with E-state index in [1.165, 1.54) is 0 Å². The number of aromatic nitrogens is 4. The number of fused-ring (bicyclic) bond motifs is 7. The minimum absolute atomic E-state index is 0.0250. The van der Waals surface area contributed by atoms with E-state index >= 15 is 0 Å². The van der Waals surface area contributed by atoms with Crippen molar-refractivity contribution in [3.63, 3.8) is 0 Å². The second-order valence-corrected chi connectivity index (χ2v) is 33.1. The fourth-order valence-electron chi connectivity index (χ4n) is 15.9. The quantitative estimate of drug-likeness (QED) is 0.121. The Bertz CT molecular complexity index is 6820. The first kappa shape index (κ1) is 55.9. The van der Waals surface area contributed by atoms with E-state index < -0.39 is 96.1 Å². The number of nitrogens with zero attached hydrogens (tertiary/aromatic N) is 6. The van der Waals surface area contributed by atoms with Crippen molar-refractivity contribution < 1.29 is 17.8 Å². The average molecular weight is 1430 g/mol. The first-order valence-electron chi connectivity index (χ1n) is 44.2. The van der Waals surface area contributed by atoms with Gasteiger partial charge in [0.2, 0.25) is 0 Å². The Morgan fingerprint density at radius 3 is 1.04 bits per heavy atom. The van der Waals surface area contributed by atoms with Crippen molar-refractivity contribution >= 4 is 79.0 Å². The van der Waals surface area contributed by atoms with Gasteiger partial charge in [-0.25, -0.2) is 15.0 Å². The number of anilines is 6. The van der Waals surface area contributed by atoms with Crippen LogP contribution in [0.3, 0.4) is 0 Å². The van der Waals surface area contributed by atoms with Gasteiger partial charge in [0.25, 0.3) is 6.71 Å². The molecule has 2 aromatic heterocycles. The third-order valence-electron chi connectivity index (χ3n) is 21.7. The third kappa shape index (κ3) is 12.3. The Labute approximate surface area is 666 Å². The second-order valence-electron chi connectivity index (χ2n) is 33.1. The number of hydrogen-bond donors (Lipinski definition) is 0. The van der Waals surface area contributed by atoms with Gasteiger partial charge in [-0.3, -0.25) is 0 Å². The zero-order valence-electron chi connectivity index (χ0n) is 76.9. The number of rotatable bonds is 11. The molecule has 534 valence electrons. The standard InChI is InChI=1S/C103H89BN6/c1-100(2,3)75-55-74(56-76(59-75)101(4,5)6)73-52-54-87-91(58-73)110(96-84(69-41-25-16-26-42-69)62-78(103(10,11)12)63-85(96)99-106-97(70-43-27-17-28-44-70)105-98(107-99)71-45-29-18-30-46-71)93-65-79(108-88-49-33-31-47-80(88)81-48-32-34-50-89(81)108)64-92-94(93)104(87)86-53-51-72(66-35-19-13-20-36-66)57-90(86)109(92)95-82(67-37-21-14-22-38-67)60-77(102(7,8)9)61-83(95)68-39-23-15-24-40-68/h13-65H,1-12H3/i13D,19D,20D,31D,32D,33D,34D,35D,36D,47D,48D,49D,50D. The Morgan fingerprint density at radius 2 is 0.627 bits per heavy atom. The van der Waals surface area contributed by atoms with E-state index in [2.05, 4.69) is 190 Å². The van der Waals surface area contributed by atoms with E-state index in [0.29, 0.717) is 62.7 Å². The van der Waals surface area contributed by atoms with Gasteiger partial charge in [-0.2, -0.15) is 0 Å². The van der Waals surface area contributed by atoms with Crippen LogP contribution in [0.25, 0.3) is 117 Å². The molecular formula is C103H89BN6. The minimum Gasteiger partial charge on any atom is -0.310 e. The smallest absolute Gasteiger partial charge is 0.252 e. The molecule has 0 amide bonds. The molecule has 0 unspecified atom stereocenters. The summed E-state index contributed by atoms with van der Waals surface area (Å²) in [6.07, 6.45) is 0. The lowest BCUT2D eigenvalue weighted by Crippen LogP contribution is -2.61. The van der Waals surface area contributed by atoms with Crippen LogP contribution in [-0.4, -0.2) is 26.2 Å². The van der Waals surface area contributed by atoms with Crippen molar-refractivity contribution in [1.29, 1.82) is 0 Å². The normalized spacial score (nSPS) is 14.5. The molecule has 0 saturated carbocycles. The van der Waals surface area contributed by atoms with Gasteiger partial charge >= 0.3 is 0 Å². The number of para-hydroxylation sites is 2. The molecule has 18 rings (SSSR count). The zero-order valence-corrected chi connectivity index (χ0v) is 63.9. The van der Waals surface area contributed by atoms with Crippen molar-refractivity contribution in [2.45, 2.75) is 105 Å². The molecule has 0 bridgehead atoms. The predicted molar refractivity (Wildman–Crippen MR) is 466 cm³/mol. The van der Waals surface area contributed by atoms with Gasteiger partial charge in [-0.05, 0) is 160 Å². The van der Waals surface area contributed by atoms with Gasteiger partial charge < -0.3 is 14.4 Å². The lowest BCUT2D eigenvalue weighted by Gasteiger charge is -2.46. The highest BCUT2D eigenvalue weighted by molar-refractivity contribution is 7.00. The molecule has 0 aliphatic carbocycles. The first-order valence-corrected chi connectivity index (χ1v) is 37.7. The molecule has 6 nitrogen and oxygen atoms in total. The molecule has 0 saturated heterocycles. The van der Waals surface area contributed by atoms with Crippen LogP contribution in [-0.2, 0) is 21.7 Å². The van der Waals surface area contributed by atoms with E-state index in [9.17, 15) is 16.4 Å². The van der Waals surface area contributed by atoms with Gasteiger partial charge in [-0.1, -0.05) is 344 Å². The molecule has 0 N–H and O–H groups in total. The topological polar surface area (TPSA) is 50.1 Å². The van der Waals surface area contributed by atoms with E-state index in [1.807, 2.05) is 146 Å². The second kappa shape index (κ2) is 26.7. The minimum atomic E-state index is -0.790. The van der Waals surface area contributed by atoms with E-state index in [-0.39, 0.29) is 43.9 Å². The molecule has 0 fully saturated rings. The summed E-state index contributed by atoms with van der Waals surface area (Å²) in [7, 11) is 0. The van der Waals surface area contributed by atoms with E-state index in [4.69, 9.17) is 16.3 Å². The van der Waals surface area contributed by atoms with Crippen molar-refractivity contribution in [1.82, 2.24) is 19.5 Å². The Morgan fingerprint density at radius 1 is 0.282 bits per heavy atom. The molecule has 0 spiro atoms. The van der Waals surface area contributed by atoms with Crippen molar-refractivity contribution in [2.24, 2.45) is 0 Å². The van der Waals surface area contributed by atoms with Crippen LogP contribution in [0.4, 0.5) is 34.1 Å². The molecule has 14 aromatic carbocycles. The zero-order chi connectivity index (χ0) is 86.9. The van der Waals surface area contributed by atoms with Crippen molar-refractivity contribution in [3.05, 3.63) is 343 Å². The van der Waals surface area contributed by atoms with Crippen LogP contribution in [0, 0.1) is 0 Å². The summed E-state index contributed by atoms with van der Waals surface area (Å²) in [5.41, 5.74) is 17.5. The summed E-state index contributed by atoms with van der Waals surface area (Å²) in [5.74, 6) is 1.16. The fourth-order valence-corrected chi connectivity index (χ4v) is 15.9. The summed E-state index contributed by atoms with van der Waals surface area (Å²) >= 11 is 0. The van der Waals surface area contributed by atoms with E-state index in [0.717, 1.165) is 94.3 Å². The lowest BCUT2D eigenvalue weighted by molar-refractivity contribution is 0.569. The van der Waals surface area contributed by atoms with Gasteiger partial charge in [0.05, 0.1) is 45.9 Å². The number of hydrogen-bond acceptors (Lipinski definition) is 5. The summed E-state index contributed by atoms with van der Waals surface area (Å²) in [6, 6.07) is 76.0. The molecule has 7 heteroatoms. The van der Waals surface area contributed by atoms with E-state index in [1.54, 1.807) is 4.57 Å². The summed E-state index contributed by atoms with van der Waals surface area (Å²) in [6.45, 7) is 25.7. The van der Waals surface area contributed by atoms with Gasteiger partial charge in [-0.15, -0.1) is 0 Å². The monoisotopic (exact) mass is 1430 g/mol. The molecule has 4 heterocycles. The first-order chi connectivity index (χ1) is 58.5. The molecule has 0 radical (unpaired) electrons. The molecule has 16 aromatic rings. The average Bonchev–Trinajstić information content (AvgIpc) is 1.63. The maximum Gasteiger partial charge on any atom is 0.252 e. The van der Waals surface area contributed by atoms with Crippen LogP contribution in [0.15, 0.2) is 321 Å². The van der Waals surface area contributed by atoms with Crippen LogP contribution in [0.5, 0.6) is 0 Å². The van der Waals surface area contributed by atoms with Crippen LogP contribution in [0.1, 0.15) is 123 Å². The number of benzene rings is 14. The van der Waals surface area contributed by atoms with Crippen LogP contribution in [0.2, 0.25) is 0 Å². The highest BCUT2D eigenvalue weighted by Gasteiger charge is 2.47. The van der Waals surface area contributed by atoms with Crippen LogP contribution >= 0.6 is 0 Å². The summed E-state index contributed by atoms with van der Waals surface area (Å²) in [4.78, 5) is 21.2. The van der Waals surface area contributed by atoms with Crippen LogP contribution < -0.4 is 26.2 Å². The molecule has 0 atom stereocenters. The highest BCUT2D eigenvalue weighted by atomic mass is 15.2. The molecule has 2 aliphatic heterocycles. The van der Waals surface area contributed by atoms with Gasteiger partial charge in [0.15, 0.2) is 17.5 Å². The Kier molecular flexibility index (Phi) is 13.6. The molecule has 110 heavy (non-hydrogen) atoms.